The van der Waals surface area contributed by atoms with Gasteiger partial charge < -0.3 is 4.42 Å². The van der Waals surface area contributed by atoms with Crippen molar-refractivity contribution in [2.24, 2.45) is 0 Å². The van der Waals surface area contributed by atoms with Crippen LogP contribution in [0.2, 0.25) is 0 Å². The van der Waals surface area contributed by atoms with Gasteiger partial charge in [-0.05, 0) is 61.4 Å². The Balaban J connectivity index is 1.45. The fraction of sp³-hybridized carbons (Fsp3) is 0.280. The molecule has 1 saturated heterocycles. The minimum absolute atomic E-state index is 0.0983. The smallest absolute Gasteiger partial charge is 0.260 e. The summed E-state index contributed by atoms with van der Waals surface area (Å²) in [4.78, 5) is 19.5. The van der Waals surface area contributed by atoms with E-state index in [0.29, 0.717) is 34.2 Å². The highest BCUT2D eigenvalue weighted by Crippen LogP contribution is 2.32. The molecular formula is C25H24FN3O4S2. The zero-order chi connectivity index (χ0) is 24.4. The molecule has 0 bridgehead atoms. The minimum atomic E-state index is -3.62. The number of nitrogens with zero attached hydrogens (tertiary/aromatic N) is 3. The Morgan fingerprint density at radius 3 is 2.43 bits per heavy atom. The molecule has 1 aliphatic rings. The van der Waals surface area contributed by atoms with Crippen molar-refractivity contribution in [2.45, 2.75) is 37.1 Å². The van der Waals surface area contributed by atoms with Gasteiger partial charge in [0.05, 0.1) is 22.4 Å². The van der Waals surface area contributed by atoms with E-state index in [2.05, 4.69) is 4.98 Å². The Bertz CT molecular complexity index is 1430. The molecule has 3 heterocycles. The molecule has 7 nitrogen and oxygen atoms in total. The van der Waals surface area contributed by atoms with Gasteiger partial charge in [0.1, 0.15) is 17.1 Å². The van der Waals surface area contributed by atoms with Crippen molar-refractivity contribution >= 4 is 42.6 Å². The molecular weight excluding hydrogens is 489 g/mol. The third-order valence-electron chi connectivity index (χ3n) is 6.03. The average molecular weight is 514 g/mol. The topological polar surface area (TPSA) is 83.7 Å². The summed E-state index contributed by atoms with van der Waals surface area (Å²) in [6.07, 6.45) is 5.26. The first-order valence-electron chi connectivity index (χ1n) is 11.4. The minimum Gasteiger partial charge on any atom is -0.467 e. The maximum absolute atomic E-state index is 14.3. The number of halogens is 1. The zero-order valence-corrected chi connectivity index (χ0v) is 20.5. The summed E-state index contributed by atoms with van der Waals surface area (Å²) in [5.74, 6) is -0.309. The Labute approximate surface area is 206 Å². The number of carbonyl (C=O) groups is 1. The largest absolute Gasteiger partial charge is 0.467 e. The molecule has 35 heavy (non-hydrogen) atoms. The van der Waals surface area contributed by atoms with E-state index in [4.69, 9.17) is 4.42 Å². The average Bonchev–Trinajstić information content (AvgIpc) is 3.45. The molecule has 10 heteroatoms. The van der Waals surface area contributed by atoms with Gasteiger partial charge in [-0.3, -0.25) is 9.69 Å². The molecule has 2 aromatic carbocycles. The van der Waals surface area contributed by atoms with Crippen LogP contribution in [0, 0.1) is 5.82 Å². The lowest BCUT2D eigenvalue weighted by atomic mass is 10.2. The quantitative estimate of drug-likeness (QED) is 0.343. The van der Waals surface area contributed by atoms with Crippen LogP contribution in [0.1, 0.15) is 41.8 Å². The lowest BCUT2D eigenvalue weighted by Gasteiger charge is -2.21. The van der Waals surface area contributed by atoms with Crippen molar-refractivity contribution in [2.75, 3.05) is 18.0 Å². The maximum atomic E-state index is 14.3. The van der Waals surface area contributed by atoms with Gasteiger partial charge in [-0.15, -0.1) is 0 Å². The van der Waals surface area contributed by atoms with E-state index in [1.54, 1.807) is 24.3 Å². The fourth-order valence-electron chi connectivity index (χ4n) is 4.16. The third kappa shape index (κ3) is 4.86. The number of thiazole rings is 1. The van der Waals surface area contributed by atoms with Crippen LogP contribution in [0.4, 0.5) is 9.52 Å². The number of hydrogen-bond acceptors (Lipinski definition) is 6. The number of para-hydroxylation sites is 1. The van der Waals surface area contributed by atoms with E-state index >= 15 is 0 Å². The Morgan fingerprint density at radius 1 is 1.03 bits per heavy atom. The van der Waals surface area contributed by atoms with Crippen molar-refractivity contribution in [1.82, 2.24) is 9.29 Å². The summed E-state index contributed by atoms with van der Waals surface area (Å²) in [5.41, 5.74) is 0.495. The zero-order valence-electron chi connectivity index (χ0n) is 18.9. The summed E-state index contributed by atoms with van der Waals surface area (Å²) >= 11 is 1.20. The molecule has 0 N–H and O–H groups in total. The van der Waals surface area contributed by atoms with E-state index < -0.39 is 15.8 Å². The number of amides is 1. The van der Waals surface area contributed by atoms with Crippen LogP contribution >= 0.6 is 11.3 Å². The Kier molecular flexibility index (Phi) is 6.68. The number of aromatic nitrogens is 1. The van der Waals surface area contributed by atoms with E-state index in [1.165, 1.54) is 57.1 Å². The van der Waals surface area contributed by atoms with Crippen LogP contribution in [0.5, 0.6) is 0 Å². The van der Waals surface area contributed by atoms with Crippen LogP contribution < -0.4 is 4.90 Å². The highest BCUT2D eigenvalue weighted by molar-refractivity contribution is 7.89. The van der Waals surface area contributed by atoms with Gasteiger partial charge in [-0.1, -0.05) is 30.2 Å². The van der Waals surface area contributed by atoms with Crippen molar-refractivity contribution in [3.8, 4) is 0 Å². The number of anilines is 1. The second-order valence-electron chi connectivity index (χ2n) is 8.40. The van der Waals surface area contributed by atoms with Gasteiger partial charge in [0, 0.05) is 18.7 Å². The number of rotatable bonds is 6. The van der Waals surface area contributed by atoms with Crippen molar-refractivity contribution in [1.29, 1.82) is 0 Å². The van der Waals surface area contributed by atoms with Crippen LogP contribution in [0.3, 0.4) is 0 Å². The first kappa shape index (κ1) is 23.7. The van der Waals surface area contributed by atoms with E-state index in [9.17, 15) is 17.6 Å². The SMILES string of the molecule is O=C(c1ccc(S(=O)(=O)N2CCCCCC2)cc1)N(Cc1ccco1)c1nc2c(F)cccc2s1. The van der Waals surface area contributed by atoms with Gasteiger partial charge in [0.2, 0.25) is 10.0 Å². The number of carbonyl (C=O) groups excluding carboxylic acids is 1. The van der Waals surface area contributed by atoms with Gasteiger partial charge >= 0.3 is 0 Å². The number of hydrogen-bond donors (Lipinski definition) is 0. The molecule has 182 valence electrons. The number of benzene rings is 2. The molecule has 0 radical (unpaired) electrons. The first-order chi connectivity index (χ1) is 16.9. The monoisotopic (exact) mass is 513 g/mol. The van der Waals surface area contributed by atoms with E-state index in [1.807, 2.05) is 0 Å². The number of furan rings is 1. The van der Waals surface area contributed by atoms with Gasteiger partial charge in [0.25, 0.3) is 5.91 Å². The Morgan fingerprint density at radius 2 is 1.77 bits per heavy atom. The molecule has 0 spiro atoms. The summed E-state index contributed by atoms with van der Waals surface area (Å²) < 4.78 is 48.0. The van der Waals surface area contributed by atoms with Crippen LogP contribution in [0.25, 0.3) is 10.2 Å². The highest BCUT2D eigenvalue weighted by Gasteiger charge is 2.27. The molecule has 5 rings (SSSR count). The molecule has 2 aromatic heterocycles. The van der Waals surface area contributed by atoms with E-state index in [0.717, 1.165) is 25.7 Å². The lowest BCUT2D eigenvalue weighted by Crippen LogP contribution is -2.32. The van der Waals surface area contributed by atoms with Crippen molar-refractivity contribution < 1.29 is 22.0 Å². The summed E-state index contributed by atoms with van der Waals surface area (Å²) in [5, 5.41) is 0.327. The molecule has 0 saturated carbocycles. The molecule has 0 unspecified atom stereocenters. The third-order valence-corrected chi connectivity index (χ3v) is 8.99. The van der Waals surface area contributed by atoms with Crippen molar-refractivity contribution in [3.05, 3.63) is 78.0 Å². The first-order valence-corrected chi connectivity index (χ1v) is 13.7. The fourth-order valence-corrected chi connectivity index (χ4v) is 6.65. The normalized spacial score (nSPS) is 15.2. The predicted octanol–water partition coefficient (Wildman–Crippen LogP) is 5.44. The second kappa shape index (κ2) is 9.88. The molecule has 1 fully saturated rings. The standard InChI is InChI=1S/C25H24FN3O4S2/c26-21-8-5-9-22-23(21)27-25(34-22)29(17-19-7-6-16-33-19)24(30)18-10-12-20(13-11-18)35(31,32)28-14-3-1-2-4-15-28/h5-13,16H,1-4,14-15,17H2. The maximum Gasteiger partial charge on any atom is 0.260 e. The lowest BCUT2D eigenvalue weighted by molar-refractivity contribution is 0.0983. The van der Waals surface area contributed by atoms with Crippen LogP contribution in [-0.4, -0.2) is 36.7 Å². The van der Waals surface area contributed by atoms with Crippen LogP contribution in [0.15, 0.2) is 70.2 Å². The summed E-state index contributed by atoms with van der Waals surface area (Å²) in [6, 6.07) is 14.1. The molecule has 0 aliphatic carbocycles. The second-order valence-corrected chi connectivity index (χ2v) is 11.3. The van der Waals surface area contributed by atoms with Gasteiger partial charge in [0.15, 0.2) is 5.13 Å². The van der Waals surface area contributed by atoms with Crippen molar-refractivity contribution in [3.63, 3.8) is 0 Å². The molecule has 1 aliphatic heterocycles. The van der Waals surface area contributed by atoms with Gasteiger partial charge in [-0.2, -0.15) is 4.31 Å². The summed E-state index contributed by atoms with van der Waals surface area (Å²) in [7, 11) is -3.62. The van der Waals surface area contributed by atoms with Crippen LogP contribution in [-0.2, 0) is 16.6 Å². The Hall–Kier alpha value is -3.08. The highest BCUT2D eigenvalue weighted by atomic mass is 32.2. The van der Waals surface area contributed by atoms with Gasteiger partial charge in [-0.25, -0.2) is 17.8 Å². The molecule has 4 aromatic rings. The molecule has 0 atom stereocenters. The number of fused-ring (bicyclic) bond motifs is 1. The number of sulfonamides is 1. The van der Waals surface area contributed by atoms with E-state index in [-0.39, 0.29) is 22.9 Å². The predicted molar refractivity (Wildman–Crippen MR) is 132 cm³/mol. The molecule has 1 amide bonds. The summed E-state index contributed by atoms with van der Waals surface area (Å²) in [6.45, 7) is 1.11.